The molecule has 1 saturated carbocycles. The van der Waals surface area contributed by atoms with Crippen molar-refractivity contribution in [2.45, 2.75) is 44.6 Å². The molecular weight excluding hydrogens is 220 g/mol. The summed E-state index contributed by atoms with van der Waals surface area (Å²) < 4.78 is 5.13. The molecule has 0 unspecified atom stereocenters. The van der Waals surface area contributed by atoms with Crippen LogP contribution in [0.3, 0.4) is 0 Å². The molecule has 2 rings (SSSR count). The highest BCUT2D eigenvalue weighted by Gasteiger charge is 2.30. The first kappa shape index (κ1) is 12.0. The first-order valence-corrected chi connectivity index (χ1v) is 5.88. The molecule has 17 heavy (non-hydrogen) atoms. The monoisotopic (exact) mass is 238 g/mol. The summed E-state index contributed by atoms with van der Waals surface area (Å²) in [5, 5.41) is 6.52. The Bertz CT molecular complexity index is 409. The number of carbonyl (C=O) groups excluding carboxylic acids is 1. The van der Waals surface area contributed by atoms with Gasteiger partial charge in [0.2, 0.25) is 5.89 Å². The first-order valence-electron chi connectivity index (χ1n) is 5.88. The molecule has 6 nitrogen and oxygen atoms in total. The van der Waals surface area contributed by atoms with Crippen LogP contribution in [0.5, 0.6) is 0 Å². The lowest BCUT2D eigenvalue weighted by Gasteiger charge is -2.17. The fourth-order valence-corrected chi connectivity index (χ4v) is 1.54. The summed E-state index contributed by atoms with van der Waals surface area (Å²) in [5.74, 6) is 0.312. The van der Waals surface area contributed by atoms with Crippen molar-refractivity contribution >= 4 is 5.91 Å². The number of rotatable bonds is 5. The molecule has 94 valence electrons. The molecule has 0 saturated heterocycles. The lowest BCUT2D eigenvalue weighted by molar-refractivity contribution is 0.0937. The molecule has 0 spiro atoms. The largest absolute Gasteiger partial charge is 0.346 e. The summed E-state index contributed by atoms with van der Waals surface area (Å²) in [6, 6.07) is 0.293. The van der Waals surface area contributed by atoms with Crippen molar-refractivity contribution in [2.24, 2.45) is 5.73 Å². The van der Waals surface area contributed by atoms with Gasteiger partial charge in [0.15, 0.2) is 0 Å². The first-order chi connectivity index (χ1) is 8.03. The second-order valence-corrected chi connectivity index (χ2v) is 5.09. The molecular formula is C11H18N4O2. The zero-order chi connectivity index (χ0) is 12.5. The number of carbonyl (C=O) groups is 1. The number of aromatic nitrogens is 2. The number of hydrogen-bond acceptors (Lipinski definition) is 5. The Morgan fingerprint density at radius 3 is 2.88 bits per heavy atom. The number of nitrogens with zero attached hydrogens (tertiary/aromatic N) is 2. The summed E-state index contributed by atoms with van der Waals surface area (Å²) in [6.07, 6.45) is 2.81. The van der Waals surface area contributed by atoms with E-state index in [4.69, 9.17) is 10.3 Å². The number of amides is 1. The molecule has 1 aliphatic rings. The van der Waals surface area contributed by atoms with Crippen molar-refractivity contribution in [2.75, 3.05) is 6.54 Å². The molecule has 0 bridgehead atoms. The Kier molecular flexibility index (Phi) is 3.15. The topological polar surface area (TPSA) is 94.0 Å². The van der Waals surface area contributed by atoms with E-state index in [1.807, 2.05) is 13.8 Å². The quantitative estimate of drug-likeness (QED) is 0.782. The van der Waals surface area contributed by atoms with Crippen molar-refractivity contribution in [3.63, 3.8) is 0 Å². The fourth-order valence-electron chi connectivity index (χ4n) is 1.54. The SMILES string of the molecule is CC(C)(CCN)c1nc(C(=O)NC2CC2)no1. The molecule has 3 N–H and O–H groups in total. The van der Waals surface area contributed by atoms with Crippen LogP contribution in [0.2, 0.25) is 0 Å². The smallest absolute Gasteiger partial charge is 0.292 e. The van der Waals surface area contributed by atoms with E-state index in [9.17, 15) is 4.79 Å². The van der Waals surface area contributed by atoms with Gasteiger partial charge < -0.3 is 15.6 Å². The molecule has 0 aliphatic heterocycles. The predicted octanol–water partition coefficient (Wildman–Crippen LogP) is 0.588. The summed E-state index contributed by atoms with van der Waals surface area (Å²) in [5.41, 5.74) is 5.23. The maximum atomic E-state index is 11.7. The summed E-state index contributed by atoms with van der Waals surface area (Å²) in [6.45, 7) is 4.48. The van der Waals surface area contributed by atoms with Gasteiger partial charge in [0.1, 0.15) is 0 Å². The molecule has 1 fully saturated rings. The Morgan fingerprint density at radius 1 is 1.59 bits per heavy atom. The lowest BCUT2D eigenvalue weighted by atomic mass is 9.89. The molecule has 1 aliphatic carbocycles. The minimum absolute atomic E-state index is 0.108. The fraction of sp³-hybridized carbons (Fsp3) is 0.727. The van der Waals surface area contributed by atoms with E-state index < -0.39 is 0 Å². The van der Waals surface area contributed by atoms with Crippen LogP contribution in [-0.4, -0.2) is 28.6 Å². The van der Waals surface area contributed by atoms with E-state index in [0.717, 1.165) is 19.3 Å². The highest BCUT2D eigenvalue weighted by molar-refractivity contribution is 5.90. The average molecular weight is 238 g/mol. The zero-order valence-electron chi connectivity index (χ0n) is 10.2. The zero-order valence-corrected chi connectivity index (χ0v) is 10.2. The molecule has 1 aromatic heterocycles. The van der Waals surface area contributed by atoms with E-state index in [0.29, 0.717) is 18.5 Å². The predicted molar refractivity (Wildman–Crippen MR) is 61.5 cm³/mol. The van der Waals surface area contributed by atoms with Crippen LogP contribution < -0.4 is 11.1 Å². The Labute approximate surface area is 99.9 Å². The summed E-state index contributed by atoms with van der Waals surface area (Å²) in [7, 11) is 0. The molecule has 0 atom stereocenters. The van der Waals surface area contributed by atoms with Gasteiger partial charge in [-0.25, -0.2) is 0 Å². The maximum absolute atomic E-state index is 11.7. The number of hydrogen-bond donors (Lipinski definition) is 2. The van der Waals surface area contributed by atoms with Crippen LogP contribution in [0.4, 0.5) is 0 Å². The van der Waals surface area contributed by atoms with Crippen molar-refractivity contribution in [3.05, 3.63) is 11.7 Å². The van der Waals surface area contributed by atoms with E-state index in [2.05, 4.69) is 15.5 Å². The highest BCUT2D eigenvalue weighted by atomic mass is 16.5. The third-order valence-electron chi connectivity index (χ3n) is 2.89. The van der Waals surface area contributed by atoms with Crippen LogP contribution in [0, 0.1) is 0 Å². The summed E-state index contributed by atoms with van der Waals surface area (Å²) >= 11 is 0. The van der Waals surface area contributed by atoms with Gasteiger partial charge in [-0.1, -0.05) is 19.0 Å². The molecule has 1 amide bonds. The van der Waals surface area contributed by atoms with E-state index in [1.165, 1.54) is 0 Å². The van der Waals surface area contributed by atoms with Gasteiger partial charge in [-0.3, -0.25) is 4.79 Å². The number of nitrogens with two attached hydrogens (primary N) is 1. The van der Waals surface area contributed by atoms with Gasteiger partial charge in [0.25, 0.3) is 11.7 Å². The number of nitrogens with one attached hydrogen (secondary N) is 1. The van der Waals surface area contributed by atoms with Gasteiger partial charge in [0.05, 0.1) is 0 Å². The van der Waals surface area contributed by atoms with Crippen LogP contribution in [-0.2, 0) is 5.41 Å². The molecule has 1 heterocycles. The lowest BCUT2D eigenvalue weighted by Crippen LogP contribution is -2.27. The van der Waals surface area contributed by atoms with Crippen molar-refractivity contribution in [1.82, 2.24) is 15.5 Å². The molecule has 0 radical (unpaired) electrons. The van der Waals surface area contributed by atoms with Gasteiger partial charge in [0, 0.05) is 11.5 Å². The normalized spacial score (nSPS) is 15.9. The van der Waals surface area contributed by atoms with Gasteiger partial charge in [-0.05, 0) is 25.8 Å². The Balaban J connectivity index is 2.06. The molecule has 1 aromatic rings. The maximum Gasteiger partial charge on any atom is 0.292 e. The third-order valence-corrected chi connectivity index (χ3v) is 2.89. The van der Waals surface area contributed by atoms with Gasteiger partial charge in [-0.2, -0.15) is 4.98 Å². The minimum atomic E-state index is -0.292. The van der Waals surface area contributed by atoms with Crippen LogP contribution in [0.1, 0.15) is 49.6 Å². The third kappa shape index (κ3) is 2.82. The summed E-state index contributed by atoms with van der Waals surface area (Å²) in [4.78, 5) is 15.8. The van der Waals surface area contributed by atoms with E-state index >= 15 is 0 Å². The van der Waals surface area contributed by atoms with Gasteiger partial charge in [-0.15, -0.1) is 0 Å². The van der Waals surface area contributed by atoms with Crippen molar-refractivity contribution < 1.29 is 9.32 Å². The average Bonchev–Trinajstić information content (AvgIpc) is 2.92. The van der Waals surface area contributed by atoms with Crippen molar-refractivity contribution in [3.8, 4) is 0 Å². The second kappa shape index (κ2) is 4.44. The molecule has 0 aromatic carbocycles. The van der Waals surface area contributed by atoms with Gasteiger partial charge >= 0.3 is 0 Å². The van der Waals surface area contributed by atoms with Crippen LogP contribution in [0.25, 0.3) is 0 Å². The standard InChI is InChI=1S/C11H18N4O2/c1-11(2,5-6-12)10-14-8(15-17-10)9(16)13-7-3-4-7/h7H,3-6,12H2,1-2H3,(H,13,16). The Morgan fingerprint density at radius 2 is 2.29 bits per heavy atom. The Hall–Kier alpha value is -1.43. The van der Waals surface area contributed by atoms with E-state index in [1.54, 1.807) is 0 Å². The second-order valence-electron chi connectivity index (χ2n) is 5.09. The molecule has 6 heteroatoms. The van der Waals surface area contributed by atoms with Crippen LogP contribution in [0.15, 0.2) is 4.52 Å². The van der Waals surface area contributed by atoms with Crippen molar-refractivity contribution in [1.29, 1.82) is 0 Å². The van der Waals surface area contributed by atoms with Crippen LogP contribution >= 0.6 is 0 Å². The van der Waals surface area contributed by atoms with E-state index in [-0.39, 0.29) is 17.1 Å². The minimum Gasteiger partial charge on any atom is -0.346 e. The highest BCUT2D eigenvalue weighted by Crippen LogP contribution is 2.25.